The van der Waals surface area contributed by atoms with E-state index in [2.05, 4.69) is 57.2 Å². The van der Waals surface area contributed by atoms with Gasteiger partial charge in [-0.05, 0) is 47.2 Å². The molecule has 0 aromatic heterocycles. The van der Waals surface area contributed by atoms with Gasteiger partial charge in [0.1, 0.15) is 5.75 Å². The summed E-state index contributed by atoms with van der Waals surface area (Å²) in [6.45, 7) is 9.57. The lowest BCUT2D eigenvalue weighted by Gasteiger charge is -2.26. The number of rotatable bonds is 4. The summed E-state index contributed by atoms with van der Waals surface area (Å²) in [6.07, 6.45) is 1.12. The Balaban J connectivity index is 2.68. The van der Waals surface area contributed by atoms with Gasteiger partial charge in [-0.1, -0.05) is 45.0 Å². The van der Waals surface area contributed by atoms with Crippen LogP contribution >= 0.6 is 0 Å². The molecule has 0 N–H and O–H groups in total. The number of hydrogen-bond acceptors (Lipinski definition) is 1. The number of ether oxygens (including phenoxy) is 1. The Morgan fingerprint density at radius 3 is 2.44 bits per heavy atom. The van der Waals surface area contributed by atoms with E-state index in [1.807, 2.05) is 6.92 Å². The van der Waals surface area contributed by atoms with Crippen molar-refractivity contribution in [1.82, 2.24) is 0 Å². The summed E-state index contributed by atoms with van der Waals surface area (Å²) in [5, 5.41) is 2.60. The highest BCUT2D eigenvalue weighted by atomic mass is 16.5. The maximum Gasteiger partial charge on any atom is 0.120 e. The third-order valence-electron chi connectivity index (χ3n) is 3.76. The molecule has 0 aliphatic carbocycles. The average Bonchev–Trinajstić information content (AvgIpc) is 2.38. The first-order valence-corrected chi connectivity index (χ1v) is 6.74. The molecule has 0 aliphatic heterocycles. The molecule has 96 valence electrons. The third-order valence-corrected chi connectivity index (χ3v) is 3.76. The molecule has 0 heterocycles. The fraction of sp³-hybridized carbons (Fsp3) is 0.412. The van der Waals surface area contributed by atoms with Gasteiger partial charge in [-0.2, -0.15) is 0 Å². The van der Waals surface area contributed by atoms with Crippen molar-refractivity contribution in [3.8, 4) is 5.75 Å². The Hall–Kier alpha value is -1.50. The van der Waals surface area contributed by atoms with E-state index in [4.69, 9.17) is 4.74 Å². The summed E-state index contributed by atoms with van der Waals surface area (Å²) in [5.41, 5.74) is 1.55. The van der Waals surface area contributed by atoms with Gasteiger partial charge in [0.2, 0.25) is 0 Å². The van der Waals surface area contributed by atoms with Gasteiger partial charge in [0, 0.05) is 0 Å². The van der Waals surface area contributed by atoms with Crippen LogP contribution in [0, 0.1) is 0 Å². The van der Waals surface area contributed by atoms with Gasteiger partial charge in [-0.3, -0.25) is 0 Å². The van der Waals surface area contributed by atoms with Gasteiger partial charge in [0.25, 0.3) is 0 Å². The fourth-order valence-electron chi connectivity index (χ4n) is 2.28. The van der Waals surface area contributed by atoms with Crippen LogP contribution in [-0.2, 0) is 5.41 Å². The van der Waals surface area contributed by atoms with Crippen LogP contribution in [0.25, 0.3) is 10.8 Å². The normalized spacial score (nSPS) is 11.8. The van der Waals surface area contributed by atoms with E-state index in [1.165, 1.54) is 16.3 Å². The molecular formula is C17H22O. The molecule has 0 bridgehead atoms. The predicted octanol–water partition coefficient (Wildman–Crippen LogP) is 4.93. The van der Waals surface area contributed by atoms with Crippen molar-refractivity contribution in [2.75, 3.05) is 6.61 Å². The van der Waals surface area contributed by atoms with Gasteiger partial charge in [-0.25, -0.2) is 0 Å². The minimum atomic E-state index is 0.173. The Labute approximate surface area is 110 Å². The van der Waals surface area contributed by atoms with Gasteiger partial charge in [0.05, 0.1) is 6.61 Å². The molecule has 0 spiro atoms. The van der Waals surface area contributed by atoms with E-state index in [0.29, 0.717) is 6.61 Å². The molecule has 0 fully saturated rings. The van der Waals surface area contributed by atoms with E-state index in [-0.39, 0.29) is 5.41 Å². The number of benzene rings is 2. The summed E-state index contributed by atoms with van der Waals surface area (Å²) in [4.78, 5) is 0. The van der Waals surface area contributed by atoms with E-state index < -0.39 is 0 Å². The predicted molar refractivity (Wildman–Crippen MR) is 78.4 cm³/mol. The van der Waals surface area contributed by atoms with Gasteiger partial charge >= 0.3 is 0 Å². The Bertz CT molecular complexity index is 540. The second kappa shape index (κ2) is 5.01. The van der Waals surface area contributed by atoms with Crippen molar-refractivity contribution in [1.29, 1.82) is 0 Å². The molecule has 0 radical (unpaired) electrons. The molecule has 0 amide bonds. The minimum absolute atomic E-state index is 0.173. The molecule has 0 atom stereocenters. The highest BCUT2D eigenvalue weighted by Crippen LogP contribution is 2.35. The lowest BCUT2D eigenvalue weighted by atomic mass is 9.79. The second-order valence-corrected chi connectivity index (χ2v) is 5.36. The summed E-state index contributed by atoms with van der Waals surface area (Å²) < 4.78 is 5.69. The summed E-state index contributed by atoms with van der Waals surface area (Å²) in [7, 11) is 0. The van der Waals surface area contributed by atoms with Crippen molar-refractivity contribution < 1.29 is 4.74 Å². The monoisotopic (exact) mass is 242 g/mol. The molecule has 18 heavy (non-hydrogen) atoms. The lowest BCUT2D eigenvalue weighted by molar-refractivity contribution is 0.339. The molecule has 2 rings (SSSR count). The maximum absolute atomic E-state index is 5.69. The smallest absolute Gasteiger partial charge is 0.120 e. The number of hydrogen-bond donors (Lipinski definition) is 0. The Morgan fingerprint density at radius 1 is 1.06 bits per heavy atom. The first kappa shape index (κ1) is 12.9. The van der Waals surface area contributed by atoms with E-state index in [9.17, 15) is 0 Å². The van der Waals surface area contributed by atoms with Crippen LogP contribution in [-0.4, -0.2) is 6.61 Å². The molecule has 1 nitrogen and oxygen atoms in total. The van der Waals surface area contributed by atoms with E-state index >= 15 is 0 Å². The average molecular weight is 242 g/mol. The van der Waals surface area contributed by atoms with Crippen LogP contribution in [0.2, 0.25) is 0 Å². The van der Waals surface area contributed by atoms with Crippen molar-refractivity contribution in [2.45, 2.75) is 39.5 Å². The van der Waals surface area contributed by atoms with Crippen LogP contribution in [0.3, 0.4) is 0 Å². The van der Waals surface area contributed by atoms with Gasteiger partial charge in [-0.15, -0.1) is 0 Å². The van der Waals surface area contributed by atoms with Crippen molar-refractivity contribution in [3.63, 3.8) is 0 Å². The van der Waals surface area contributed by atoms with Crippen LogP contribution in [0.4, 0.5) is 0 Å². The molecule has 2 aromatic carbocycles. The fourth-order valence-corrected chi connectivity index (χ4v) is 2.28. The zero-order chi connectivity index (χ0) is 13.2. The largest absolute Gasteiger partial charge is 0.494 e. The van der Waals surface area contributed by atoms with Crippen LogP contribution in [0.15, 0.2) is 36.4 Å². The molecule has 0 saturated carbocycles. The van der Waals surface area contributed by atoms with Crippen molar-refractivity contribution >= 4 is 10.8 Å². The van der Waals surface area contributed by atoms with Crippen LogP contribution < -0.4 is 4.74 Å². The van der Waals surface area contributed by atoms with Crippen LogP contribution in [0.5, 0.6) is 5.75 Å². The Kier molecular flexibility index (Phi) is 3.60. The maximum atomic E-state index is 5.69. The molecule has 2 aromatic rings. The highest BCUT2D eigenvalue weighted by molar-refractivity contribution is 5.88. The van der Waals surface area contributed by atoms with E-state index in [1.54, 1.807) is 0 Å². The first-order valence-electron chi connectivity index (χ1n) is 6.74. The van der Waals surface area contributed by atoms with Crippen molar-refractivity contribution in [3.05, 3.63) is 42.0 Å². The first-order chi connectivity index (χ1) is 8.58. The highest BCUT2D eigenvalue weighted by Gasteiger charge is 2.21. The summed E-state index contributed by atoms with van der Waals surface area (Å²) >= 11 is 0. The Morgan fingerprint density at radius 2 is 1.78 bits per heavy atom. The zero-order valence-electron chi connectivity index (χ0n) is 11.8. The van der Waals surface area contributed by atoms with Crippen LogP contribution in [0.1, 0.15) is 39.7 Å². The lowest BCUT2D eigenvalue weighted by Crippen LogP contribution is -2.16. The van der Waals surface area contributed by atoms with Gasteiger partial charge in [0.15, 0.2) is 0 Å². The quantitative estimate of drug-likeness (QED) is 0.739. The van der Waals surface area contributed by atoms with E-state index in [0.717, 1.165) is 12.2 Å². The standard InChI is InChI=1S/C17H22O/c1-5-17(3,4)16-12-14(18-6-2)11-13-9-7-8-10-15(13)16/h7-12H,5-6H2,1-4H3. The van der Waals surface area contributed by atoms with Crippen molar-refractivity contribution in [2.24, 2.45) is 0 Å². The van der Waals surface area contributed by atoms with Gasteiger partial charge < -0.3 is 4.74 Å². The third kappa shape index (κ3) is 2.35. The number of fused-ring (bicyclic) bond motifs is 1. The zero-order valence-corrected chi connectivity index (χ0v) is 11.8. The molecule has 1 heteroatoms. The molecule has 0 unspecified atom stereocenters. The molecule has 0 saturated heterocycles. The summed E-state index contributed by atoms with van der Waals surface area (Å²) in [5.74, 6) is 0.979. The molecule has 0 aliphatic rings. The summed E-state index contributed by atoms with van der Waals surface area (Å²) in [6, 6.07) is 12.9. The minimum Gasteiger partial charge on any atom is -0.494 e. The SMILES string of the molecule is CCOc1cc(C(C)(C)CC)c2ccccc2c1. The topological polar surface area (TPSA) is 9.23 Å². The second-order valence-electron chi connectivity index (χ2n) is 5.36. The molecular weight excluding hydrogens is 220 g/mol.